The molecule has 1 aromatic carbocycles. The zero-order valence-electron chi connectivity index (χ0n) is 8.93. The maximum atomic E-state index is 5.77. The maximum absolute atomic E-state index is 5.77. The van der Waals surface area contributed by atoms with Crippen molar-refractivity contribution in [1.29, 1.82) is 0 Å². The van der Waals surface area contributed by atoms with Crippen molar-refractivity contribution in [1.82, 2.24) is 9.97 Å². The van der Waals surface area contributed by atoms with Crippen molar-refractivity contribution in [2.45, 2.75) is 6.61 Å². The molecule has 1 aromatic heterocycles. The molecule has 2 rings (SSSR count). The van der Waals surface area contributed by atoms with Crippen LogP contribution in [0.25, 0.3) is 0 Å². The van der Waals surface area contributed by atoms with E-state index in [1.807, 2.05) is 12.1 Å². The summed E-state index contributed by atoms with van der Waals surface area (Å²) in [5, 5.41) is 0.682. The highest BCUT2D eigenvalue weighted by atomic mass is 35.5. The molecule has 0 aliphatic heterocycles. The van der Waals surface area contributed by atoms with E-state index in [0.717, 1.165) is 5.56 Å². The minimum atomic E-state index is 0.201. The number of hydrogen-bond donors (Lipinski definition) is 2. The summed E-state index contributed by atoms with van der Waals surface area (Å²) in [6, 6.07) is 7.51. The van der Waals surface area contributed by atoms with Gasteiger partial charge in [-0.2, -0.15) is 4.98 Å². The fraction of sp³-hybridized carbons (Fsp3) is 0.0909. The first kappa shape index (κ1) is 11.5. The minimum absolute atomic E-state index is 0.201. The van der Waals surface area contributed by atoms with Gasteiger partial charge in [0.2, 0.25) is 0 Å². The first-order valence-electron chi connectivity index (χ1n) is 4.90. The summed E-state index contributed by atoms with van der Waals surface area (Å²) >= 11 is 5.77. The molecule has 0 atom stereocenters. The molecular weight excluding hydrogens is 240 g/mol. The summed E-state index contributed by atoms with van der Waals surface area (Å²) < 4.78 is 5.37. The number of hydrogen-bond acceptors (Lipinski definition) is 5. The van der Waals surface area contributed by atoms with Gasteiger partial charge in [-0.1, -0.05) is 23.7 Å². The summed E-state index contributed by atoms with van der Waals surface area (Å²) in [5.74, 6) is 0.214. The number of halogens is 1. The number of benzene rings is 1. The van der Waals surface area contributed by atoms with Crippen molar-refractivity contribution in [2.75, 3.05) is 11.5 Å². The smallest absolute Gasteiger partial charge is 0.318 e. The number of anilines is 2. The Bertz CT molecular complexity index is 515. The van der Waals surface area contributed by atoms with Gasteiger partial charge in [-0.15, -0.1) is 0 Å². The number of aromatic nitrogens is 2. The molecule has 4 N–H and O–H groups in total. The van der Waals surface area contributed by atoms with Crippen molar-refractivity contribution in [2.24, 2.45) is 0 Å². The third-order valence-electron chi connectivity index (χ3n) is 2.11. The van der Waals surface area contributed by atoms with E-state index in [0.29, 0.717) is 17.3 Å². The zero-order chi connectivity index (χ0) is 12.3. The van der Waals surface area contributed by atoms with Gasteiger partial charge in [0.1, 0.15) is 6.61 Å². The molecule has 0 saturated carbocycles. The molecule has 0 radical (unpaired) electrons. The molecule has 0 bridgehead atoms. The Morgan fingerprint density at radius 1 is 1.18 bits per heavy atom. The second kappa shape index (κ2) is 4.88. The number of rotatable bonds is 3. The molecule has 0 aliphatic rings. The Morgan fingerprint density at radius 3 is 2.53 bits per heavy atom. The summed E-state index contributed by atoms with van der Waals surface area (Å²) in [4.78, 5) is 7.81. The standard InChI is InChI=1S/C11H11ClN4O/c12-8-3-1-7(2-4-8)6-17-11-15-5-9(13)10(14)16-11/h1-5H,6,13H2,(H2,14,15,16). The number of nitrogen functional groups attached to an aromatic ring is 2. The lowest BCUT2D eigenvalue weighted by Crippen LogP contribution is -2.04. The van der Waals surface area contributed by atoms with E-state index in [-0.39, 0.29) is 11.8 Å². The highest BCUT2D eigenvalue weighted by molar-refractivity contribution is 6.30. The van der Waals surface area contributed by atoms with Gasteiger partial charge in [0, 0.05) is 5.02 Å². The Balaban J connectivity index is 2.02. The first-order valence-corrected chi connectivity index (χ1v) is 5.28. The molecule has 0 saturated heterocycles. The molecule has 5 nitrogen and oxygen atoms in total. The molecule has 0 spiro atoms. The van der Waals surface area contributed by atoms with E-state index >= 15 is 0 Å². The Kier molecular flexibility index (Phi) is 3.30. The fourth-order valence-corrected chi connectivity index (χ4v) is 1.31. The average molecular weight is 251 g/mol. The first-order chi connectivity index (χ1) is 8.15. The van der Waals surface area contributed by atoms with E-state index < -0.39 is 0 Å². The van der Waals surface area contributed by atoms with E-state index in [2.05, 4.69) is 9.97 Å². The van der Waals surface area contributed by atoms with Gasteiger partial charge in [-0.05, 0) is 17.7 Å². The third-order valence-corrected chi connectivity index (χ3v) is 2.36. The van der Waals surface area contributed by atoms with Crippen molar-refractivity contribution in [3.8, 4) is 6.01 Å². The van der Waals surface area contributed by atoms with Crippen LogP contribution in [0.3, 0.4) is 0 Å². The van der Waals surface area contributed by atoms with Crippen LogP contribution in [0.4, 0.5) is 11.5 Å². The molecule has 88 valence electrons. The van der Waals surface area contributed by atoms with Gasteiger partial charge in [-0.25, -0.2) is 4.98 Å². The molecule has 0 unspecified atom stereocenters. The molecule has 0 amide bonds. The maximum Gasteiger partial charge on any atom is 0.318 e. The van der Waals surface area contributed by atoms with E-state index in [1.165, 1.54) is 6.20 Å². The lowest BCUT2D eigenvalue weighted by atomic mass is 10.2. The molecule has 1 heterocycles. The van der Waals surface area contributed by atoms with Crippen LogP contribution in [-0.4, -0.2) is 9.97 Å². The van der Waals surface area contributed by atoms with Crippen LogP contribution < -0.4 is 16.2 Å². The van der Waals surface area contributed by atoms with Crippen LogP contribution in [-0.2, 0) is 6.61 Å². The van der Waals surface area contributed by atoms with Crippen molar-refractivity contribution in [3.05, 3.63) is 41.0 Å². The van der Waals surface area contributed by atoms with Gasteiger partial charge in [0.05, 0.1) is 11.9 Å². The normalized spacial score (nSPS) is 10.2. The Morgan fingerprint density at radius 2 is 1.88 bits per heavy atom. The van der Waals surface area contributed by atoms with Gasteiger partial charge >= 0.3 is 6.01 Å². The van der Waals surface area contributed by atoms with Crippen molar-refractivity contribution >= 4 is 23.1 Å². The predicted octanol–water partition coefficient (Wildman–Crippen LogP) is 1.87. The quantitative estimate of drug-likeness (QED) is 0.868. The topological polar surface area (TPSA) is 87.0 Å². The van der Waals surface area contributed by atoms with E-state index in [4.69, 9.17) is 27.8 Å². The molecule has 2 aromatic rings. The van der Waals surface area contributed by atoms with Crippen LogP contribution in [0.5, 0.6) is 6.01 Å². The lowest BCUT2D eigenvalue weighted by molar-refractivity contribution is 0.281. The van der Waals surface area contributed by atoms with Crippen molar-refractivity contribution in [3.63, 3.8) is 0 Å². The van der Waals surface area contributed by atoms with E-state index in [9.17, 15) is 0 Å². The third kappa shape index (κ3) is 2.98. The highest BCUT2D eigenvalue weighted by Gasteiger charge is 2.02. The second-order valence-corrected chi connectivity index (χ2v) is 3.84. The minimum Gasteiger partial charge on any atom is -0.459 e. The average Bonchev–Trinajstić information content (AvgIpc) is 2.33. The summed E-state index contributed by atoms with van der Waals surface area (Å²) in [6.45, 7) is 0.348. The van der Waals surface area contributed by atoms with Crippen LogP contribution in [0.15, 0.2) is 30.5 Å². The highest BCUT2D eigenvalue weighted by Crippen LogP contribution is 2.15. The predicted molar refractivity (Wildman–Crippen MR) is 66.6 cm³/mol. The van der Waals surface area contributed by atoms with Crippen LogP contribution >= 0.6 is 11.6 Å². The summed E-state index contributed by atoms with van der Waals surface area (Å²) in [7, 11) is 0. The summed E-state index contributed by atoms with van der Waals surface area (Å²) in [6.07, 6.45) is 1.42. The SMILES string of the molecule is Nc1cnc(OCc2ccc(Cl)cc2)nc1N. The Hall–Kier alpha value is -2.01. The molecule has 17 heavy (non-hydrogen) atoms. The fourth-order valence-electron chi connectivity index (χ4n) is 1.19. The van der Waals surface area contributed by atoms with Gasteiger partial charge in [0.15, 0.2) is 5.82 Å². The van der Waals surface area contributed by atoms with Gasteiger partial charge in [0.25, 0.3) is 0 Å². The summed E-state index contributed by atoms with van der Waals surface area (Å²) in [5.41, 5.74) is 12.3. The van der Waals surface area contributed by atoms with Gasteiger partial charge in [-0.3, -0.25) is 0 Å². The van der Waals surface area contributed by atoms with Crippen LogP contribution in [0.2, 0.25) is 5.02 Å². The van der Waals surface area contributed by atoms with Crippen molar-refractivity contribution < 1.29 is 4.74 Å². The molecular formula is C11H11ClN4O. The van der Waals surface area contributed by atoms with Gasteiger partial charge < -0.3 is 16.2 Å². The second-order valence-electron chi connectivity index (χ2n) is 3.41. The number of nitrogens with zero attached hydrogens (tertiary/aromatic N) is 2. The molecule has 0 fully saturated rings. The molecule has 0 aliphatic carbocycles. The monoisotopic (exact) mass is 250 g/mol. The Labute approximate surface area is 103 Å². The van der Waals surface area contributed by atoms with Crippen LogP contribution in [0, 0.1) is 0 Å². The van der Waals surface area contributed by atoms with Crippen LogP contribution in [0.1, 0.15) is 5.56 Å². The molecule has 6 heteroatoms. The largest absolute Gasteiger partial charge is 0.459 e. The lowest BCUT2D eigenvalue weighted by Gasteiger charge is -2.05. The van der Waals surface area contributed by atoms with E-state index in [1.54, 1.807) is 12.1 Å². The zero-order valence-corrected chi connectivity index (χ0v) is 9.69. The number of nitrogens with two attached hydrogens (primary N) is 2. The number of ether oxygens (including phenoxy) is 1.